The number of rotatable bonds is 5. The fraction of sp³-hybridized carbons (Fsp3) is 0.591. The van der Waals surface area contributed by atoms with E-state index in [1.165, 1.54) is 5.56 Å². The molecular weight excluding hydrogens is 366 g/mol. The lowest BCUT2D eigenvalue weighted by Crippen LogP contribution is -2.45. The maximum Gasteiger partial charge on any atom is 0.255 e. The molecule has 1 N–H and O–H groups in total. The van der Waals surface area contributed by atoms with Gasteiger partial charge in [-0.3, -0.25) is 9.69 Å². The van der Waals surface area contributed by atoms with E-state index in [9.17, 15) is 4.79 Å². The molecule has 0 amide bonds. The second kappa shape index (κ2) is 8.63. The van der Waals surface area contributed by atoms with Gasteiger partial charge in [0.15, 0.2) is 0 Å². The molecule has 7 heteroatoms. The summed E-state index contributed by atoms with van der Waals surface area (Å²) in [7, 11) is 0. The summed E-state index contributed by atoms with van der Waals surface area (Å²) in [5, 5.41) is 0. The number of aryl methyl sites for hydroxylation is 1. The van der Waals surface area contributed by atoms with Crippen LogP contribution in [-0.4, -0.2) is 51.7 Å². The van der Waals surface area contributed by atoms with Crippen molar-refractivity contribution < 1.29 is 4.74 Å². The molecule has 4 heterocycles. The van der Waals surface area contributed by atoms with Crippen molar-refractivity contribution in [3.63, 3.8) is 0 Å². The number of ether oxygens (including phenoxy) is 1. The number of morpholine rings is 1. The summed E-state index contributed by atoms with van der Waals surface area (Å²) < 4.78 is 5.81. The molecule has 2 aliphatic rings. The van der Waals surface area contributed by atoms with Gasteiger partial charge in [0.2, 0.25) is 0 Å². The van der Waals surface area contributed by atoms with Crippen LogP contribution in [0.1, 0.15) is 49.8 Å². The molecule has 0 saturated carbocycles. The summed E-state index contributed by atoms with van der Waals surface area (Å²) in [4.78, 5) is 29.4. The van der Waals surface area contributed by atoms with Crippen LogP contribution >= 0.6 is 0 Å². The van der Waals surface area contributed by atoms with Gasteiger partial charge in [0.1, 0.15) is 11.6 Å². The monoisotopic (exact) mass is 397 g/mol. The molecule has 2 atom stereocenters. The first-order valence-corrected chi connectivity index (χ1v) is 10.7. The van der Waals surface area contributed by atoms with Gasteiger partial charge in [0.05, 0.1) is 23.5 Å². The molecular formula is C22H31N5O2. The van der Waals surface area contributed by atoms with E-state index in [0.717, 1.165) is 68.3 Å². The maximum absolute atomic E-state index is 12.5. The predicted molar refractivity (Wildman–Crippen MR) is 113 cm³/mol. The van der Waals surface area contributed by atoms with Gasteiger partial charge in [0.25, 0.3) is 5.56 Å². The van der Waals surface area contributed by atoms with Gasteiger partial charge in [-0.05, 0) is 31.9 Å². The van der Waals surface area contributed by atoms with Gasteiger partial charge < -0.3 is 14.6 Å². The zero-order valence-electron chi connectivity index (χ0n) is 17.6. The molecule has 4 rings (SSSR count). The number of nitrogens with one attached hydrogen (secondary N) is 1. The fourth-order valence-electron chi connectivity index (χ4n) is 4.34. The molecule has 2 aromatic rings. The van der Waals surface area contributed by atoms with Crippen molar-refractivity contribution in [2.24, 2.45) is 0 Å². The van der Waals surface area contributed by atoms with E-state index in [1.807, 2.05) is 6.20 Å². The van der Waals surface area contributed by atoms with Crippen LogP contribution in [0.2, 0.25) is 0 Å². The minimum atomic E-state index is 0.0205. The number of aromatic amines is 1. The van der Waals surface area contributed by atoms with Crippen molar-refractivity contribution >= 4 is 5.82 Å². The molecule has 2 unspecified atom stereocenters. The Morgan fingerprint density at radius 3 is 2.72 bits per heavy atom. The van der Waals surface area contributed by atoms with Crippen LogP contribution in [-0.2, 0) is 30.7 Å². The molecule has 0 radical (unpaired) electrons. The van der Waals surface area contributed by atoms with Crippen LogP contribution in [0.5, 0.6) is 0 Å². The zero-order chi connectivity index (χ0) is 20.4. The van der Waals surface area contributed by atoms with E-state index in [4.69, 9.17) is 9.72 Å². The maximum atomic E-state index is 12.5. The highest BCUT2D eigenvalue weighted by Crippen LogP contribution is 2.20. The number of hydrogen-bond donors (Lipinski definition) is 1. The standard InChI is InChI=1S/C22H31N5O2/c1-4-5-20-24-19-8-9-26(14-18(19)22(28)25-20)13-17-6-7-21(23-10-17)27-11-15(2)29-16(3)12-27/h6-7,10,15-16H,4-5,8-9,11-14H2,1-3H3,(H,24,25,28). The van der Waals surface area contributed by atoms with Gasteiger partial charge in [-0.1, -0.05) is 13.0 Å². The van der Waals surface area contributed by atoms with Crippen LogP contribution in [0.3, 0.4) is 0 Å². The van der Waals surface area contributed by atoms with Crippen molar-refractivity contribution in [2.75, 3.05) is 24.5 Å². The Labute approximate surface area is 172 Å². The highest BCUT2D eigenvalue weighted by molar-refractivity contribution is 5.40. The third-order valence-electron chi connectivity index (χ3n) is 5.64. The van der Waals surface area contributed by atoms with E-state index >= 15 is 0 Å². The largest absolute Gasteiger partial charge is 0.372 e. The Balaban J connectivity index is 1.41. The molecule has 2 aliphatic heterocycles. The van der Waals surface area contributed by atoms with Crippen molar-refractivity contribution in [1.82, 2.24) is 19.9 Å². The van der Waals surface area contributed by atoms with Gasteiger partial charge in [0, 0.05) is 51.8 Å². The second-order valence-corrected chi connectivity index (χ2v) is 8.34. The van der Waals surface area contributed by atoms with Crippen LogP contribution in [0, 0.1) is 0 Å². The van der Waals surface area contributed by atoms with Crippen molar-refractivity contribution in [3.05, 3.63) is 51.3 Å². The lowest BCUT2D eigenvalue weighted by Gasteiger charge is -2.36. The predicted octanol–water partition coefficient (Wildman–Crippen LogP) is 2.29. The van der Waals surface area contributed by atoms with E-state index < -0.39 is 0 Å². The Hall–Kier alpha value is -2.25. The lowest BCUT2D eigenvalue weighted by atomic mass is 10.1. The van der Waals surface area contributed by atoms with E-state index in [2.05, 4.69) is 52.7 Å². The van der Waals surface area contributed by atoms with Crippen LogP contribution in [0.4, 0.5) is 5.82 Å². The number of pyridine rings is 1. The first-order chi connectivity index (χ1) is 14.0. The van der Waals surface area contributed by atoms with Crippen molar-refractivity contribution in [2.45, 2.75) is 65.3 Å². The molecule has 0 spiro atoms. The smallest absolute Gasteiger partial charge is 0.255 e. The Morgan fingerprint density at radius 1 is 1.24 bits per heavy atom. The van der Waals surface area contributed by atoms with Crippen molar-refractivity contribution in [3.8, 4) is 0 Å². The topological polar surface area (TPSA) is 74.4 Å². The van der Waals surface area contributed by atoms with Crippen molar-refractivity contribution in [1.29, 1.82) is 0 Å². The summed E-state index contributed by atoms with van der Waals surface area (Å²) in [6, 6.07) is 4.25. The average Bonchev–Trinajstić information content (AvgIpc) is 2.69. The van der Waals surface area contributed by atoms with Crippen LogP contribution in [0.15, 0.2) is 23.1 Å². The Bertz CT molecular complexity index is 885. The third kappa shape index (κ3) is 4.67. The van der Waals surface area contributed by atoms with E-state index in [-0.39, 0.29) is 17.8 Å². The highest BCUT2D eigenvalue weighted by Gasteiger charge is 2.24. The van der Waals surface area contributed by atoms with Crippen LogP contribution < -0.4 is 10.5 Å². The molecule has 0 bridgehead atoms. The second-order valence-electron chi connectivity index (χ2n) is 8.34. The highest BCUT2D eigenvalue weighted by atomic mass is 16.5. The summed E-state index contributed by atoms with van der Waals surface area (Å²) in [6.45, 7) is 10.4. The molecule has 0 aromatic carbocycles. The fourth-order valence-corrected chi connectivity index (χ4v) is 4.34. The first-order valence-electron chi connectivity index (χ1n) is 10.7. The minimum Gasteiger partial charge on any atom is -0.372 e. The average molecular weight is 398 g/mol. The molecule has 2 aromatic heterocycles. The number of hydrogen-bond acceptors (Lipinski definition) is 6. The summed E-state index contributed by atoms with van der Waals surface area (Å²) >= 11 is 0. The quantitative estimate of drug-likeness (QED) is 0.834. The molecule has 156 valence electrons. The zero-order valence-corrected chi connectivity index (χ0v) is 17.6. The van der Waals surface area contributed by atoms with Gasteiger partial charge in [-0.2, -0.15) is 0 Å². The van der Waals surface area contributed by atoms with E-state index in [1.54, 1.807) is 0 Å². The minimum absolute atomic E-state index is 0.0205. The molecule has 7 nitrogen and oxygen atoms in total. The number of nitrogens with zero attached hydrogens (tertiary/aromatic N) is 4. The Kier molecular flexibility index (Phi) is 5.96. The third-order valence-corrected chi connectivity index (χ3v) is 5.64. The molecule has 29 heavy (non-hydrogen) atoms. The Morgan fingerprint density at radius 2 is 2.03 bits per heavy atom. The van der Waals surface area contributed by atoms with Gasteiger partial charge in [-0.15, -0.1) is 0 Å². The number of H-pyrrole nitrogens is 1. The molecule has 1 saturated heterocycles. The number of aromatic nitrogens is 3. The normalized spacial score (nSPS) is 22.5. The van der Waals surface area contributed by atoms with Gasteiger partial charge in [-0.25, -0.2) is 9.97 Å². The first kappa shape index (κ1) is 20.0. The lowest BCUT2D eigenvalue weighted by molar-refractivity contribution is -0.00546. The summed E-state index contributed by atoms with van der Waals surface area (Å²) in [5.74, 6) is 1.82. The molecule has 1 fully saturated rings. The number of anilines is 1. The molecule has 0 aliphatic carbocycles. The van der Waals surface area contributed by atoms with Gasteiger partial charge >= 0.3 is 0 Å². The van der Waals surface area contributed by atoms with Crippen LogP contribution in [0.25, 0.3) is 0 Å². The summed E-state index contributed by atoms with van der Waals surface area (Å²) in [5.41, 5.74) is 2.97. The van der Waals surface area contributed by atoms with E-state index in [0.29, 0.717) is 6.54 Å². The number of fused-ring (bicyclic) bond motifs is 1. The summed E-state index contributed by atoms with van der Waals surface area (Å²) in [6.07, 6.45) is 5.04. The SMILES string of the molecule is CCCc1nc2c(c(=O)[nH]1)CN(Cc1ccc(N3CC(C)OC(C)C3)nc1)CC2.